The molecule has 9 heteroatoms. The van der Waals surface area contributed by atoms with Gasteiger partial charge >= 0.3 is 12.1 Å². The minimum Gasteiger partial charge on any atom is -0.477 e. The summed E-state index contributed by atoms with van der Waals surface area (Å²) < 4.78 is 40.4. The second kappa shape index (κ2) is 4.76. The molecule has 2 aromatic rings. The van der Waals surface area contributed by atoms with E-state index in [4.69, 9.17) is 5.11 Å². The fourth-order valence-electron chi connectivity index (χ4n) is 2.40. The summed E-state index contributed by atoms with van der Waals surface area (Å²) in [5, 5.41) is 17.3. The lowest BCUT2D eigenvalue weighted by Gasteiger charge is -2.33. The topological polar surface area (TPSA) is 67.1 Å². The zero-order valence-corrected chi connectivity index (χ0v) is 11.3. The molecule has 1 aliphatic rings. The van der Waals surface area contributed by atoms with Crippen LogP contribution in [0.4, 0.5) is 19.0 Å². The van der Waals surface area contributed by atoms with Crippen LogP contribution < -0.4 is 5.32 Å². The van der Waals surface area contributed by atoms with Crippen LogP contribution in [0.1, 0.15) is 33.7 Å². The van der Waals surface area contributed by atoms with Crippen molar-refractivity contribution in [2.45, 2.75) is 24.7 Å². The molecule has 0 spiro atoms. The standard InChI is InChI=1S/C12H10F3N3O2S/c13-12(14,15)9-4-7(8-2-1-3-21-8)17-10-6(11(19)20)5-16-18(9)10/h1-3,5,7,9,17H,4H2,(H,19,20)/t7-,9+/m0/s1. The summed E-state index contributed by atoms with van der Waals surface area (Å²) in [6.45, 7) is 0. The van der Waals surface area contributed by atoms with Crippen LogP contribution in [-0.4, -0.2) is 27.0 Å². The summed E-state index contributed by atoms with van der Waals surface area (Å²) in [6, 6.07) is 1.05. The van der Waals surface area contributed by atoms with Gasteiger partial charge in [0, 0.05) is 11.3 Å². The Morgan fingerprint density at radius 3 is 2.86 bits per heavy atom. The van der Waals surface area contributed by atoms with Crippen LogP contribution in [0.3, 0.4) is 0 Å². The fourth-order valence-corrected chi connectivity index (χ4v) is 3.19. The van der Waals surface area contributed by atoms with Gasteiger partial charge in [-0.2, -0.15) is 18.3 Å². The van der Waals surface area contributed by atoms with Gasteiger partial charge in [-0.1, -0.05) is 6.07 Å². The minimum atomic E-state index is -4.49. The average Bonchev–Trinajstić information content (AvgIpc) is 3.05. The fraction of sp³-hybridized carbons (Fsp3) is 0.333. The van der Waals surface area contributed by atoms with Gasteiger partial charge in [0.05, 0.1) is 12.2 Å². The first kappa shape index (κ1) is 13.9. The average molecular weight is 317 g/mol. The summed E-state index contributed by atoms with van der Waals surface area (Å²) >= 11 is 1.33. The van der Waals surface area contributed by atoms with E-state index in [0.717, 1.165) is 11.1 Å². The zero-order valence-electron chi connectivity index (χ0n) is 10.5. The molecule has 2 atom stereocenters. The number of alkyl halides is 3. The number of fused-ring (bicyclic) bond motifs is 1. The Morgan fingerprint density at radius 2 is 2.29 bits per heavy atom. The molecule has 1 aliphatic heterocycles. The largest absolute Gasteiger partial charge is 0.477 e. The molecule has 5 nitrogen and oxygen atoms in total. The van der Waals surface area contributed by atoms with Crippen molar-refractivity contribution in [3.63, 3.8) is 0 Å². The number of hydrogen-bond donors (Lipinski definition) is 2. The Labute approximate surface area is 121 Å². The Balaban J connectivity index is 2.07. The van der Waals surface area contributed by atoms with Crippen molar-refractivity contribution in [1.82, 2.24) is 9.78 Å². The van der Waals surface area contributed by atoms with Crippen molar-refractivity contribution in [2.75, 3.05) is 5.32 Å². The summed E-state index contributed by atoms with van der Waals surface area (Å²) in [4.78, 5) is 11.8. The lowest BCUT2D eigenvalue weighted by molar-refractivity contribution is -0.173. The number of carbonyl (C=O) groups is 1. The third-order valence-electron chi connectivity index (χ3n) is 3.36. The number of thiophene rings is 1. The van der Waals surface area contributed by atoms with E-state index in [0.29, 0.717) is 4.68 Å². The van der Waals surface area contributed by atoms with Gasteiger partial charge in [0.15, 0.2) is 6.04 Å². The molecule has 0 fully saturated rings. The molecule has 3 heterocycles. The lowest BCUT2D eigenvalue weighted by Crippen LogP contribution is -2.35. The van der Waals surface area contributed by atoms with Gasteiger partial charge in [0.25, 0.3) is 0 Å². The number of nitrogens with one attached hydrogen (secondary N) is 1. The summed E-state index contributed by atoms with van der Waals surface area (Å²) in [6.07, 6.45) is -3.77. The third-order valence-corrected chi connectivity index (χ3v) is 4.34. The molecule has 112 valence electrons. The van der Waals surface area contributed by atoms with E-state index in [1.807, 2.05) is 0 Å². The molecule has 21 heavy (non-hydrogen) atoms. The first-order chi connectivity index (χ1) is 9.88. The number of anilines is 1. The van der Waals surface area contributed by atoms with Gasteiger partial charge in [-0.25, -0.2) is 9.48 Å². The highest BCUT2D eigenvalue weighted by Crippen LogP contribution is 2.44. The van der Waals surface area contributed by atoms with Crippen LogP contribution >= 0.6 is 11.3 Å². The van der Waals surface area contributed by atoms with Gasteiger partial charge in [0.2, 0.25) is 0 Å². The van der Waals surface area contributed by atoms with Crippen LogP contribution in [0.5, 0.6) is 0 Å². The molecule has 0 aliphatic carbocycles. The Bertz CT molecular complexity index is 666. The van der Waals surface area contributed by atoms with E-state index in [-0.39, 0.29) is 17.8 Å². The Kier molecular flexibility index (Phi) is 3.16. The number of carboxylic acid groups (broad SMARTS) is 1. The maximum absolute atomic E-state index is 13.2. The van der Waals surface area contributed by atoms with Gasteiger partial charge < -0.3 is 10.4 Å². The van der Waals surface area contributed by atoms with E-state index < -0.39 is 24.2 Å². The highest BCUT2D eigenvalue weighted by atomic mass is 32.1. The number of carboxylic acids is 1. The summed E-state index contributed by atoms with van der Waals surface area (Å²) in [5.41, 5.74) is -0.259. The molecule has 0 aromatic carbocycles. The molecule has 0 bridgehead atoms. The van der Waals surface area contributed by atoms with Crippen molar-refractivity contribution in [1.29, 1.82) is 0 Å². The SMILES string of the molecule is O=C(O)c1cnn2c1N[C@H](c1cccs1)C[C@@H]2C(F)(F)F. The molecule has 3 rings (SSSR count). The molecule has 0 unspecified atom stereocenters. The number of aromatic carboxylic acids is 1. The predicted octanol–water partition coefficient (Wildman–Crippen LogP) is 3.30. The van der Waals surface area contributed by atoms with Crippen molar-refractivity contribution in [3.05, 3.63) is 34.2 Å². The van der Waals surface area contributed by atoms with Gasteiger partial charge in [-0.3, -0.25) is 0 Å². The first-order valence-electron chi connectivity index (χ1n) is 6.05. The molecule has 0 amide bonds. The predicted molar refractivity (Wildman–Crippen MR) is 69.6 cm³/mol. The molecular formula is C12H10F3N3O2S. The normalized spacial score (nSPS) is 21.7. The summed E-state index contributed by atoms with van der Waals surface area (Å²) in [7, 11) is 0. The van der Waals surface area contributed by atoms with E-state index >= 15 is 0 Å². The molecule has 2 aromatic heterocycles. The highest BCUT2D eigenvalue weighted by Gasteiger charge is 2.47. The molecule has 2 N–H and O–H groups in total. The van der Waals surface area contributed by atoms with Crippen molar-refractivity contribution in [3.8, 4) is 0 Å². The molecular weight excluding hydrogens is 307 g/mol. The van der Waals surface area contributed by atoms with E-state index in [1.165, 1.54) is 11.3 Å². The maximum Gasteiger partial charge on any atom is 0.410 e. The van der Waals surface area contributed by atoms with Crippen molar-refractivity contribution < 1.29 is 23.1 Å². The lowest BCUT2D eigenvalue weighted by atomic mass is 10.0. The number of halogens is 3. The van der Waals surface area contributed by atoms with Gasteiger partial charge in [-0.15, -0.1) is 11.3 Å². The van der Waals surface area contributed by atoms with Gasteiger partial charge in [-0.05, 0) is 11.4 Å². The van der Waals surface area contributed by atoms with Crippen molar-refractivity contribution >= 4 is 23.1 Å². The Morgan fingerprint density at radius 1 is 1.52 bits per heavy atom. The molecule has 0 saturated heterocycles. The van der Waals surface area contributed by atoms with E-state index in [2.05, 4.69) is 10.4 Å². The minimum absolute atomic E-state index is 0.102. The first-order valence-corrected chi connectivity index (χ1v) is 6.93. The second-order valence-corrected chi connectivity index (χ2v) is 5.64. The Hall–Kier alpha value is -2.03. The molecule has 0 radical (unpaired) electrons. The van der Waals surface area contributed by atoms with Crippen LogP contribution in [0, 0.1) is 0 Å². The number of hydrogen-bond acceptors (Lipinski definition) is 4. The van der Waals surface area contributed by atoms with Crippen LogP contribution in [0.15, 0.2) is 23.7 Å². The smallest absolute Gasteiger partial charge is 0.410 e. The zero-order chi connectivity index (χ0) is 15.2. The van der Waals surface area contributed by atoms with Crippen LogP contribution in [0.2, 0.25) is 0 Å². The van der Waals surface area contributed by atoms with Gasteiger partial charge in [0.1, 0.15) is 11.4 Å². The highest BCUT2D eigenvalue weighted by molar-refractivity contribution is 7.10. The summed E-state index contributed by atoms with van der Waals surface area (Å²) in [5.74, 6) is -1.41. The van der Waals surface area contributed by atoms with Crippen LogP contribution in [0.25, 0.3) is 0 Å². The monoisotopic (exact) mass is 317 g/mol. The van der Waals surface area contributed by atoms with E-state index in [1.54, 1.807) is 17.5 Å². The number of nitrogens with zero attached hydrogens (tertiary/aromatic N) is 2. The quantitative estimate of drug-likeness (QED) is 0.892. The van der Waals surface area contributed by atoms with Crippen molar-refractivity contribution in [2.24, 2.45) is 0 Å². The number of rotatable bonds is 2. The maximum atomic E-state index is 13.2. The second-order valence-electron chi connectivity index (χ2n) is 4.66. The third kappa shape index (κ3) is 2.37. The molecule has 0 saturated carbocycles. The van der Waals surface area contributed by atoms with E-state index in [9.17, 15) is 18.0 Å². The van der Waals surface area contributed by atoms with Crippen LogP contribution in [-0.2, 0) is 0 Å². The number of aromatic nitrogens is 2.